The van der Waals surface area contributed by atoms with Crippen LogP contribution >= 0.6 is 0 Å². The predicted molar refractivity (Wildman–Crippen MR) is 47.0 cm³/mol. The molecule has 0 rings (SSSR count). The van der Waals surface area contributed by atoms with Crippen LogP contribution in [0.15, 0.2) is 25.3 Å². The van der Waals surface area contributed by atoms with Gasteiger partial charge in [0.2, 0.25) is 0 Å². The molecule has 0 aliphatic carbocycles. The van der Waals surface area contributed by atoms with Crippen LogP contribution in [0, 0.1) is 0 Å². The number of rotatable bonds is 7. The highest BCUT2D eigenvalue weighted by Crippen LogP contribution is 1.87. The van der Waals surface area contributed by atoms with Crippen molar-refractivity contribution < 1.29 is 4.84 Å². The topological polar surface area (TPSA) is 38.5 Å². The lowest BCUT2D eigenvalue weighted by Gasteiger charge is -2.17. The summed E-state index contributed by atoms with van der Waals surface area (Å²) in [4.78, 5) is 6.59. The second kappa shape index (κ2) is 7.47. The van der Waals surface area contributed by atoms with Crippen LogP contribution < -0.4 is 5.90 Å². The molecule has 11 heavy (non-hydrogen) atoms. The minimum atomic E-state index is 0.543. The van der Waals surface area contributed by atoms with E-state index in [-0.39, 0.29) is 0 Å². The molecule has 0 unspecified atom stereocenters. The molecular formula is C8H16N2O. The first-order valence-corrected chi connectivity index (χ1v) is 3.61. The Hall–Kier alpha value is -0.640. The minimum Gasteiger partial charge on any atom is -0.303 e. The van der Waals surface area contributed by atoms with Gasteiger partial charge >= 0.3 is 0 Å². The van der Waals surface area contributed by atoms with Gasteiger partial charge in [0.1, 0.15) is 0 Å². The molecule has 0 radical (unpaired) electrons. The fraction of sp³-hybridized carbons (Fsp3) is 0.500. The van der Waals surface area contributed by atoms with Gasteiger partial charge in [0.15, 0.2) is 0 Å². The van der Waals surface area contributed by atoms with E-state index in [1.807, 2.05) is 12.2 Å². The highest BCUT2D eigenvalue weighted by molar-refractivity contribution is 4.79. The fourth-order valence-electron chi connectivity index (χ4n) is 0.804. The zero-order valence-electron chi connectivity index (χ0n) is 6.83. The second-order valence-electron chi connectivity index (χ2n) is 2.21. The molecule has 0 spiro atoms. The van der Waals surface area contributed by atoms with Crippen LogP contribution in [0.5, 0.6) is 0 Å². The Bertz CT molecular complexity index is 105. The molecule has 0 heterocycles. The number of hydrogen-bond acceptors (Lipinski definition) is 3. The van der Waals surface area contributed by atoms with Crippen molar-refractivity contribution in [2.45, 2.75) is 0 Å². The summed E-state index contributed by atoms with van der Waals surface area (Å²) >= 11 is 0. The van der Waals surface area contributed by atoms with E-state index in [9.17, 15) is 0 Å². The summed E-state index contributed by atoms with van der Waals surface area (Å²) in [6.45, 7) is 10.3. The molecule has 0 amide bonds. The summed E-state index contributed by atoms with van der Waals surface area (Å²) < 4.78 is 0. The predicted octanol–water partition coefficient (Wildman–Crippen LogP) is 0.551. The maximum atomic E-state index is 4.89. The van der Waals surface area contributed by atoms with Crippen molar-refractivity contribution in [1.82, 2.24) is 4.90 Å². The van der Waals surface area contributed by atoms with Crippen LogP contribution in [-0.4, -0.2) is 31.1 Å². The summed E-state index contributed by atoms with van der Waals surface area (Å²) in [5.74, 6) is 4.89. The maximum Gasteiger partial charge on any atom is 0.0806 e. The van der Waals surface area contributed by atoms with Gasteiger partial charge in [-0.2, -0.15) is 0 Å². The molecule has 2 N–H and O–H groups in total. The highest BCUT2D eigenvalue weighted by atomic mass is 16.6. The van der Waals surface area contributed by atoms with Crippen LogP contribution in [0.25, 0.3) is 0 Å². The van der Waals surface area contributed by atoms with Crippen LogP contribution in [0.1, 0.15) is 0 Å². The van der Waals surface area contributed by atoms with E-state index in [0.29, 0.717) is 6.61 Å². The molecule has 64 valence electrons. The molecule has 0 aliphatic rings. The van der Waals surface area contributed by atoms with Gasteiger partial charge < -0.3 is 4.84 Å². The summed E-state index contributed by atoms with van der Waals surface area (Å²) in [7, 11) is 0. The third kappa shape index (κ3) is 5.79. The van der Waals surface area contributed by atoms with Crippen LogP contribution in [0.4, 0.5) is 0 Å². The third-order valence-corrected chi connectivity index (χ3v) is 1.30. The molecule has 3 heteroatoms. The molecule has 0 aromatic rings. The first kappa shape index (κ1) is 10.4. The molecule has 0 aliphatic heterocycles. The number of nitrogens with zero attached hydrogens (tertiary/aromatic N) is 1. The highest BCUT2D eigenvalue weighted by Gasteiger charge is 1.97. The molecule has 0 atom stereocenters. The lowest BCUT2D eigenvalue weighted by molar-refractivity contribution is 0.113. The van der Waals surface area contributed by atoms with Crippen molar-refractivity contribution in [3.05, 3.63) is 25.3 Å². The molecule has 3 nitrogen and oxygen atoms in total. The van der Waals surface area contributed by atoms with Crippen LogP contribution in [0.3, 0.4) is 0 Å². The first-order chi connectivity index (χ1) is 5.35. The second-order valence-corrected chi connectivity index (χ2v) is 2.21. The van der Waals surface area contributed by atoms with Gasteiger partial charge in [0.25, 0.3) is 0 Å². The zero-order chi connectivity index (χ0) is 8.53. The van der Waals surface area contributed by atoms with Crippen molar-refractivity contribution >= 4 is 0 Å². The summed E-state index contributed by atoms with van der Waals surface area (Å²) in [5, 5.41) is 0. The van der Waals surface area contributed by atoms with Gasteiger partial charge in [-0.15, -0.1) is 13.2 Å². The Morgan fingerprint density at radius 1 is 1.27 bits per heavy atom. The monoisotopic (exact) mass is 156 g/mol. The van der Waals surface area contributed by atoms with Crippen molar-refractivity contribution in [1.29, 1.82) is 0 Å². The Balaban J connectivity index is 3.49. The third-order valence-electron chi connectivity index (χ3n) is 1.30. The van der Waals surface area contributed by atoms with E-state index in [4.69, 9.17) is 5.90 Å². The van der Waals surface area contributed by atoms with Crippen molar-refractivity contribution in [3.8, 4) is 0 Å². The lowest BCUT2D eigenvalue weighted by atomic mass is 10.4. The summed E-state index contributed by atoms with van der Waals surface area (Å²) in [5.41, 5.74) is 0. The molecule has 0 aromatic carbocycles. The number of nitrogens with two attached hydrogens (primary N) is 1. The van der Waals surface area contributed by atoms with Crippen molar-refractivity contribution in [3.63, 3.8) is 0 Å². The van der Waals surface area contributed by atoms with E-state index in [0.717, 1.165) is 19.6 Å². The van der Waals surface area contributed by atoms with E-state index in [1.165, 1.54) is 0 Å². The zero-order valence-corrected chi connectivity index (χ0v) is 6.83. The first-order valence-electron chi connectivity index (χ1n) is 3.61. The van der Waals surface area contributed by atoms with E-state index >= 15 is 0 Å². The minimum absolute atomic E-state index is 0.543. The van der Waals surface area contributed by atoms with E-state index in [1.54, 1.807) is 0 Å². The van der Waals surface area contributed by atoms with Crippen molar-refractivity contribution in [2.75, 3.05) is 26.2 Å². The Morgan fingerprint density at radius 3 is 2.18 bits per heavy atom. The van der Waals surface area contributed by atoms with Crippen molar-refractivity contribution in [2.24, 2.45) is 5.90 Å². The summed E-state index contributed by atoms with van der Waals surface area (Å²) in [6.07, 6.45) is 3.69. The standard InChI is InChI=1S/C8H16N2O/c1-3-5-10(6-4-2)7-8-11-9/h3-4H,1-2,5-9H2. The molecule has 0 fully saturated rings. The lowest BCUT2D eigenvalue weighted by Crippen LogP contribution is -2.28. The molecular weight excluding hydrogens is 140 g/mol. The van der Waals surface area contributed by atoms with Gasteiger partial charge in [-0.3, -0.25) is 4.90 Å². The molecule has 0 bridgehead atoms. The number of hydrogen-bond donors (Lipinski definition) is 1. The van der Waals surface area contributed by atoms with Gasteiger partial charge in [0.05, 0.1) is 6.61 Å². The van der Waals surface area contributed by atoms with E-state index in [2.05, 4.69) is 22.9 Å². The van der Waals surface area contributed by atoms with E-state index < -0.39 is 0 Å². The van der Waals surface area contributed by atoms with Gasteiger partial charge in [-0.25, -0.2) is 5.90 Å². The maximum absolute atomic E-state index is 4.89. The molecule has 0 aromatic heterocycles. The van der Waals surface area contributed by atoms with Gasteiger partial charge in [-0.1, -0.05) is 12.2 Å². The average molecular weight is 156 g/mol. The average Bonchev–Trinajstić information content (AvgIpc) is 2.01. The smallest absolute Gasteiger partial charge is 0.0806 e. The normalized spacial score (nSPS) is 10.0. The van der Waals surface area contributed by atoms with Gasteiger partial charge in [0, 0.05) is 19.6 Å². The van der Waals surface area contributed by atoms with Crippen LogP contribution in [-0.2, 0) is 4.84 Å². The Labute approximate surface area is 68.1 Å². The molecule has 0 saturated heterocycles. The largest absolute Gasteiger partial charge is 0.303 e. The summed E-state index contributed by atoms with van der Waals surface area (Å²) in [6, 6.07) is 0. The van der Waals surface area contributed by atoms with Gasteiger partial charge in [-0.05, 0) is 0 Å². The fourth-order valence-corrected chi connectivity index (χ4v) is 0.804. The molecule has 0 saturated carbocycles. The van der Waals surface area contributed by atoms with Crippen LogP contribution in [0.2, 0.25) is 0 Å². The SMILES string of the molecule is C=CCN(CC=C)CCON. The Kier molecular flexibility index (Phi) is 7.03. The Morgan fingerprint density at radius 2 is 1.82 bits per heavy atom. The quantitative estimate of drug-likeness (QED) is 0.432.